The number of ether oxygens (including phenoxy) is 1. The van der Waals surface area contributed by atoms with Gasteiger partial charge in [0, 0.05) is 22.6 Å². The Labute approximate surface area is 135 Å². The lowest BCUT2D eigenvalue weighted by Crippen LogP contribution is -2.29. The number of halogens is 1. The van der Waals surface area contributed by atoms with Crippen LogP contribution in [0, 0.1) is 12.7 Å². The molecule has 0 unspecified atom stereocenters. The van der Waals surface area contributed by atoms with E-state index in [9.17, 15) is 13.4 Å². The first-order chi connectivity index (χ1) is 10.9. The average molecular weight is 340 g/mol. The fourth-order valence-electron chi connectivity index (χ4n) is 1.85. The summed E-state index contributed by atoms with van der Waals surface area (Å²) in [5, 5.41) is 5.37. The molecule has 0 aliphatic rings. The second kappa shape index (κ2) is 7.36. The Morgan fingerprint density at radius 1 is 1.48 bits per heavy atom. The van der Waals surface area contributed by atoms with Crippen LogP contribution in [0.4, 0.5) is 10.3 Å². The SMILES string of the molecule is COc1ccc(C[S@@](=O)[C@@H](C)C(=O)Nc2cc(C)no2)cc1F. The van der Waals surface area contributed by atoms with Crippen molar-refractivity contribution < 1.29 is 22.7 Å². The number of nitrogens with zero attached hydrogens (tertiary/aromatic N) is 1. The fourth-order valence-corrected chi connectivity index (χ4v) is 2.91. The number of amides is 1. The van der Waals surface area contributed by atoms with Gasteiger partial charge < -0.3 is 9.26 Å². The van der Waals surface area contributed by atoms with Crippen LogP contribution in [0.25, 0.3) is 0 Å². The molecule has 0 fully saturated rings. The average Bonchev–Trinajstić information content (AvgIpc) is 2.91. The van der Waals surface area contributed by atoms with Crippen LogP contribution in [0.3, 0.4) is 0 Å². The molecule has 1 amide bonds. The molecule has 124 valence electrons. The molecule has 1 heterocycles. The van der Waals surface area contributed by atoms with Gasteiger partial charge in [-0.2, -0.15) is 0 Å². The van der Waals surface area contributed by atoms with Crippen LogP contribution in [0.5, 0.6) is 5.75 Å². The van der Waals surface area contributed by atoms with Crippen molar-refractivity contribution in [1.82, 2.24) is 5.16 Å². The number of hydrogen-bond donors (Lipinski definition) is 1. The van der Waals surface area contributed by atoms with Gasteiger partial charge >= 0.3 is 0 Å². The van der Waals surface area contributed by atoms with E-state index in [4.69, 9.17) is 9.26 Å². The molecule has 1 N–H and O–H groups in total. The summed E-state index contributed by atoms with van der Waals surface area (Å²) >= 11 is 0. The smallest absolute Gasteiger partial charge is 0.242 e. The maximum absolute atomic E-state index is 13.6. The number of anilines is 1. The van der Waals surface area contributed by atoms with Gasteiger partial charge in [-0.05, 0) is 31.5 Å². The van der Waals surface area contributed by atoms with Gasteiger partial charge in [-0.15, -0.1) is 0 Å². The highest BCUT2D eigenvalue weighted by Crippen LogP contribution is 2.19. The minimum absolute atomic E-state index is 0.0604. The predicted octanol–water partition coefficient (Wildman–Crippen LogP) is 2.41. The number of benzene rings is 1. The molecule has 0 saturated heterocycles. The Hall–Kier alpha value is -2.22. The van der Waals surface area contributed by atoms with Gasteiger partial charge in [-0.3, -0.25) is 14.3 Å². The first-order valence-electron chi connectivity index (χ1n) is 6.84. The third-order valence-electron chi connectivity index (χ3n) is 3.16. The van der Waals surface area contributed by atoms with Crippen molar-refractivity contribution in [3.05, 3.63) is 41.3 Å². The molecule has 2 aromatic rings. The van der Waals surface area contributed by atoms with Crippen molar-refractivity contribution in [2.75, 3.05) is 12.4 Å². The van der Waals surface area contributed by atoms with Crippen LogP contribution in [-0.2, 0) is 21.3 Å². The van der Waals surface area contributed by atoms with E-state index in [1.165, 1.54) is 26.2 Å². The van der Waals surface area contributed by atoms with Crippen molar-refractivity contribution in [3.63, 3.8) is 0 Å². The van der Waals surface area contributed by atoms with Crippen LogP contribution in [0.1, 0.15) is 18.2 Å². The summed E-state index contributed by atoms with van der Waals surface area (Å²) in [5.74, 6) is -0.604. The Balaban J connectivity index is 1.99. The molecule has 0 bridgehead atoms. The standard InChI is InChI=1S/C15H17FN2O4S/c1-9-6-14(22-18-9)17-15(19)10(2)23(20)8-11-4-5-13(21-3)12(16)7-11/h4-7,10H,8H2,1-3H3,(H,17,19)/t10-,23+/m0/s1. The van der Waals surface area contributed by atoms with Gasteiger partial charge in [-0.25, -0.2) is 4.39 Å². The van der Waals surface area contributed by atoms with E-state index in [2.05, 4.69) is 10.5 Å². The van der Waals surface area contributed by atoms with Crippen molar-refractivity contribution in [2.45, 2.75) is 24.9 Å². The van der Waals surface area contributed by atoms with E-state index in [1.807, 2.05) is 0 Å². The Morgan fingerprint density at radius 2 is 2.22 bits per heavy atom. The summed E-state index contributed by atoms with van der Waals surface area (Å²) in [6.07, 6.45) is 0. The normalized spacial score (nSPS) is 13.4. The number of methoxy groups -OCH3 is 1. The zero-order valence-electron chi connectivity index (χ0n) is 13.0. The van der Waals surface area contributed by atoms with Crippen LogP contribution in [-0.4, -0.2) is 27.6 Å². The van der Waals surface area contributed by atoms with Crippen LogP contribution in [0.2, 0.25) is 0 Å². The molecular formula is C15H17FN2O4S. The highest BCUT2D eigenvalue weighted by molar-refractivity contribution is 7.85. The summed E-state index contributed by atoms with van der Waals surface area (Å²) in [6.45, 7) is 3.26. The summed E-state index contributed by atoms with van der Waals surface area (Å²) in [6, 6.07) is 5.89. The first-order valence-corrected chi connectivity index (χ1v) is 8.22. The zero-order chi connectivity index (χ0) is 17.0. The highest BCUT2D eigenvalue weighted by Gasteiger charge is 2.22. The molecule has 1 aromatic carbocycles. The number of nitrogens with one attached hydrogen (secondary N) is 1. The molecule has 1 aromatic heterocycles. The summed E-state index contributed by atoms with van der Waals surface area (Å²) in [5.41, 5.74) is 1.15. The minimum atomic E-state index is -1.51. The van der Waals surface area contributed by atoms with Crippen molar-refractivity contribution in [1.29, 1.82) is 0 Å². The monoisotopic (exact) mass is 340 g/mol. The van der Waals surface area contributed by atoms with E-state index < -0.39 is 27.8 Å². The Kier molecular flexibility index (Phi) is 5.49. The topological polar surface area (TPSA) is 81.4 Å². The van der Waals surface area contributed by atoms with Crippen LogP contribution in [0.15, 0.2) is 28.8 Å². The molecule has 2 rings (SSSR count). The van der Waals surface area contributed by atoms with Gasteiger partial charge in [-0.1, -0.05) is 11.2 Å². The fraction of sp³-hybridized carbons (Fsp3) is 0.333. The van der Waals surface area contributed by atoms with E-state index >= 15 is 0 Å². The van der Waals surface area contributed by atoms with E-state index in [-0.39, 0.29) is 17.4 Å². The number of carbonyl (C=O) groups is 1. The molecule has 6 nitrogen and oxygen atoms in total. The van der Waals surface area contributed by atoms with Gasteiger partial charge in [0.1, 0.15) is 5.25 Å². The Bertz CT molecular complexity index is 732. The van der Waals surface area contributed by atoms with Crippen molar-refractivity contribution in [3.8, 4) is 5.75 Å². The van der Waals surface area contributed by atoms with E-state index in [1.54, 1.807) is 19.1 Å². The van der Waals surface area contributed by atoms with Crippen LogP contribution >= 0.6 is 0 Å². The molecule has 0 spiro atoms. The van der Waals surface area contributed by atoms with Gasteiger partial charge in [0.2, 0.25) is 11.8 Å². The number of rotatable bonds is 6. The second-order valence-corrected chi connectivity index (χ2v) is 6.72. The van der Waals surface area contributed by atoms with E-state index in [0.29, 0.717) is 11.3 Å². The summed E-state index contributed by atoms with van der Waals surface area (Å²) in [4.78, 5) is 12.0. The number of hydrogen-bond acceptors (Lipinski definition) is 5. The quantitative estimate of drug-likeness (QED) is 0.873. The van der Waals surface area contributed by atoms with Crippen LogP contribution < -0.4 is 10.1 Å². The third-order valence-corrected chi connectivity index (χ3v) is 4.78. The number of aryl methyl sites for hydroxylation is 1. The maximum Gasteiger partial charge on any atom is 0.242 e. The van der Waals surface area contributed by atoms with Gasteiger partial charge in [0.05, 0.1) is 12.8 Å². The minimum Gasteiger partial charge on any atom is -0.494 e. The largest absolute Gasteiger partial charge is 0.494 e. The van der Waals surface area contributed by atoms with Crippen molar-refractivity contribution >= 4 is 22.6 Å². The van der Waals surface area contributed by atoms with Gasteiger partial charge in [0.25, 0.3) is 0 Å². The molecule has 0 saturated carbocycles. The molecule has 23 heavy (non-hydrogen) atoms. The highest BCUT2D eigenvalue weighted by atomic mass is 32.2. The zero-order valence-corrected chi connectivity index (χ0v) is 13.8. The maximum atomic E-state index is 13.6. The van der Waals surface area contributed by atoms with Crippen molar-refractivity contribution in [2.24, 2.45) is 0 Å². The second-order valence-electron chi connectivity index (χ2n) is 4.96. The third kappa shape index (κ3) is 4.38. The lowest BCUT2D eigenvalue weighted by atomic mass is 10.2. The molecule has 0 aliphatic carbocycles. The molecule has 8 heteroatoms. The number of aromatic nitrogens is 1. The lowest BCUT2D eigenvalue weighted by Gasteiger charge is -2.11. The molecule has 0 aliphatic heterocycles. The summed E-state index contributed by atoms with van der Waals surface area (Å²) < 4.78 is 35.6. The molecule has 2 atom stereocenters. The molecular weight excluding hydrogens is 323 g/mol. The first kappa shape index (κ1) is 17.1. The summed E-state index contributed by atoms with van der Waals surface area (Å²) in [7, 11) is -0.142. The Morgan fingerprint density at radius 3 is 2.78 bits per heavy atom. The number of carbonyl (C=O) groups excluding carboxylic acids is 1. The molecule has 0 radical (unpaired) electrons. The van der Waals surface area contributed by atoms with Gasteiger partial charge in [0.15, 0.2) is 11.6 Å². The predicted molar refractivity (Wildman–Crippen MR) is 84.1 cm³/mol. The van der Waals surface area contributed by atoms with E-state index in [0.717, 1.165) is 0 Å². The lowest BCUT2D eigenvalue weighted by molar-refractivity contribution is -0.115.